The third-order valence-electron chi connectivity index (χ3n) is 4.41. The van der Waals surface area contributed by atoms with Crippen LogP contribution in [0.1, 0.15) is 15.9 Å². The standard InChI is InChI=1S/C18H17FN4O2/c19-14-9-22(10-16(14)24)18(25)13-6-15-17(20-7-13)23(11-21-15)8-12-4-2-1-3-5-12/h1-7,11,14,16,24H,8-10H2/t14-,16-/m1/s1. The summed E-state index contributed by atoms with van der Waals surface area (Å²) in [5.74, 6) is -0.341. The molecule has 1 aliphatic rings. The van der Waals surface area contributed by atoms with Crippen molar-refractivity contribution in [3.05, 3.63) is 60.0 Å². The Balaban J connectivity index is 1.58. The highest BCUT2D eigenvalue weighted by atomic mass is 19.1. The molecule has 2 aromatic heterocycles. The molecule has 1 aliphatic heterocycles. The van der Waals surface area contributed by atoms with Gasteiger partial charge in [-0.2, -0.15) is 0 Å². The Morgan fingerprint density at radius 1 is 1.24 bits per heavy atom. The highest BCUT2D eigenvalue weighted by Gasteiger charge is 2.34. The van der Waals surface area contributed by atoms with Crippen LogP contribution in [0, 0.1) is 0 Å². The molecule has 1 amide bonds. The lowest BCUT2D eigenvalue weighted by Gasteiger charge is -2.14. The number of aliphatic hydroxyl groups is 1. The number of benzene rings is 1. The number of hydrogen-bond donors (Lipinski definition) is 1. The van der Waals surface area contributed by atoms with Crippen LogP contribution in [0.5, 0.6) is 0 Å². The SMILES string of the molecule is O=C(c1cnc2c(c1)ncn2Cc1ccccc1)N1C[C@@H](O)[C@H](F)C1. The van der Waals surface area contributed by atoms with Crippen LogP contribution in [-0.4, -0.2) is 55.8 Å². The molecule has 0 unspecified atom stereocenters. The Kier molecular flexibility index (Phi) is 3.93. The van der Waals surface area contributed by atoms with E-state index >= 15 is 0 Å². The quantitative estimate of drug-likeness (QED) is 0.787. The summed E-state index contributed by atoms with van der Waals surface area (Å²) in [5, 5.41) is 9.48. The number of aliphatic hydroxyl groups excluding tert-OH is 1. The highest BCUT2D eigenvalue weighted by Crippen LogP contribution is 2.19. The molecule has 1 saturated heterocycles. The van der Waals surface area contributed by atoms with Crippen molar-refractivity contribution in [1.82, 2.24) is 19.4 Å². The van der Waals surface area contributed by atoms with Gasteiger partial charge >= 0.3 is 0 Å². The Morgan fingerprint density at radius 2 is 2.04 bits per heavy atom. The molecule has 3 heterocycles. The number of pyridine rings is 1. The van der Waals surface area contributed by atoms with E-state index in [1.807, 2.05) is 34.9 Å². The molecule has 128 valence electrons. The van der Waals surface area contributed by atoms with Gasteiger partial charge in [-0.1, -0.05) is 30.3 Å². The van der Waals surface area contributed by atoms with Gasteiger partial charge in [0.05, 0.1) is 25.0 Å². The second-order valence-electron chi connectivity index (χ2n) is 6.22. The molecular weight excluding hydrogens is 323 g/mol. The molecule has 1 aromatic carbocycles. The monoisotopic (exact) mass is 340 g/mol. The number of aromatic nitrogens is 3. The smallest absolute Gasteiger partial charge is 0.255 e. The number of amides is 1. The van der Waals surface area contributed by atoms with E-state index in [2.05, 4.69) is 9.97 Å². The molecule has 25 heavy (non-hydrogen) atoms. The third kappa shape index (κ3) is 2.98. The van der Waals surface area contributed by atoms with E-state index in [0.717, 1.165) is 5.56 Å². The Bertz CT molecular complexity index is 902. The molecule has 0 saturated carbocycles. The maximum Gasteiger partial charge on any atom is 0.255 e. The number of alkyl halides is 1. The normalized spacial score (nSPS) is 20.3. The molecule has 6 nitrogen and oxygen atoms in total. The third-order valence-corrected chi connectivity index (χ3v) is 4.41. The number of carbonyl (C=O) groups is 1. The molecule has 0 spiro atoms. The number of nitrogens with zero attached hydrogens (tertiary/aromatic N) is 4. The minimum absolute atomic E-state index is 0.000481. The van der Waals surface area contributed by atoms with Crippen LogP contribution in [0.4, 0.5) is 4.39 Å². The molecule has 3 aromatic rings. The number of carbonyl (C=O) groups excluding carboxylic acids is 1. The van der Waals surface area contributed by atoms with Gasteiger partial charge in [0, 0.05) is 12.7 Å². The van der Waals surface area contributed by atoms with Gasteiger partial charge < -0.3 is 14.6 Å². The minimum atomic E-state index is -1.40. The van der Waals surface area contributed by atoms with Crippen molar-refractivity contribution in [3.63, 3.8) is 0 Å². The highest BCUT2D eigenvalue weighted by molar-refractivity contribution is 5.96. The molecule has 0 radical (unpaired) electrons. The fourth-order valence-electron chi connectivity index (χ4n) is 3.06. The van der Waals surface area contributed by atoms with Gasteiger partial charge in [-0.15, -0.1) is 0 Å². The first-order valence-electron chi connectivity index (χ1n) is 8.08. The molecule has 1 fully saturated rings. The molecule has 7 heteroatoms. The molecule has 1 N–H and O–H groups in total. The lowest BCUT2D eigenvalue weighted by atomic mass is 10.2. The second-order valence-corrected chi connectivity index (χ2v) is 6.22. The van der Waals surface area contributed by atoms with E-state index in [4.69, 9.17) is 0 Å². The summed E-state index contributed by atoms with van der Waals surface area (Å²) in [5.41, 5.74) is 2.77. The van der Waals surface area contributed by atoms with Crippen molar-refractivity contribution in [2.45, 2.75) is 18.8 Å². The molecule has 0 aliphatic carbocycles. The van der Waals surface area contributed by atoms with Crippen molar-refractivity contribution in [2.75, 3.05) is 13.1 Å². The summed E-state index contributed by atoms with van der Waals surface area (Å²) in [6, 6.07) is 11.6. The second kappa shape index (κ2) is 6.25. The van der Waals surface area contributed by atoms with Gasteiger partial charge in [0.25, 0.3) is 5.91 Å². The Morgan fingerprint density at radius 3 is 2.76 bits per heavy atom. The maximum atomic E-state index is 13.4. The molecule has 2 atom stereocenters. The Labute approximate surface area is 143 Å². The van der Waals surface area contributed by atoms with E-state index in [-0.39, 0.29) is 19.0 Å². The zero-order valence-corrected chi connectivity index (χ0v) is 13.4. The van der Waals surface area contributed by atoms with Crippen molar-refractivity contribution in [3.8, 4) is 0 Å². The van der Waals surface area contributed by atoms with Crippen LogP contribution in [-0.2, 0) is 6.54 Å². The summed E-state index contributed by atoms with van der Waals surface area (Å²) in [7, 11) is 0. The van der Waals surface area contributed by atoms with Crippen molar-refractivity contribution < 1.29 is 14.3 Å². The topological polar surface area (TPSA) is 71.2 Å². The first-order valence-corrected chi connectivity index (χ1v) is 8.08. The predicted octanol–water partition coefficient (Wildman–Crippen LogP) is 1.63. The van der Waals surface area contributed by atoms with Crippen molar-refractivity contribution in [2.24, 2.45) is 0 Å². The van der Waals surface area contributed by atoms with Crippen molar-refractivity contribution >= 4 is 17.1 Å². The fourth-order valence-corrected chi connectivity index (χ4v) is 3.06. The molecular formula is C18H17FN4O2. The first-order chi connectivity index (χ1) is 12.1. The zero-order chi connectivity index (χ0) is 17.4. The van der Waals surface area contributed by atoms with Crippen LogP contribution in [0.3, 0.4) is 0 Å². The van der Waals surface area contributed by atoms with E-state index in [0.29, 0.717) is 23.3 Å². The van der Waals surface area contributed by atoms with Crippen LogP contribution in [0.15, 0.2) is 48.9 Å². The van der Waals surface area contributed by atoms with Crippen LogP contribution >= 0.6 is 0 Å². The van der Waals surface area contributed by atoms with Gasteiger partial charge in [-0.05, 0) is 11.6 Å². The number of fused-ring (bicyclic) bond motifs is 1. The maximum absolute atomic E-state index is 13.4. The molecule has 0 bridgehead atoms. The lowest BCUT2D eigenvalue weighted by molar-refractivity contribution is 0.0764. The van der Waals surface area contributed by atoms with Gasteiger partial charge in [0.1, 0.15) is 17.8 Å². The number of hydrogen-bond acceptors (Lipinski definition) is 4. The van der Waals surface area contributed by atoms with E-state index in [1.165, 1.54) is 11.1 Å². The predicted molar refractivity (Wildman–Crippen MR) is 89.9 cm³/mol. The zero-order valence-electron chi connectivity index (χ0n) is 13.4. The van der Waals surface area contributed by atoms with Crippen molar-refractivity contribution in [1.29, 1.82) is 0 Å². The number of rotatable bonds is 3. The number of β-amino-alcohol motifs (C(OH)–C–C–N with tert-alkyl or cyclic N) is 1. The van der Waals surface area contributed by atoms with Crippen LogP contribution in [0.2, 0.25) is 0 Å². The lowest BCUT2D eigenvalue weighted by Crippen LogP contribution is -2.29. The summed E-state index contributed by atoms with van der Waals surface area (Å²) in [6.07, 6.45) is 0.651. The van der Waals surface area contributed by atoms with Gasteiger partial charge in [-0.25, -0.2) is 14.4 Å². The minimum Gasteiger partial charge on any atom is -0.388 e. The summed E-state index contributed by atoms with van der Waals surface area (Å²) < 4.78 is 15.3. The van der Waals surface area contributed by atoms with Gasteiger partial charge in [0.2, 0.25) is 0 Å². The summed E-state index contributed by atoms with van der Waals surface area (Å²) in [6.45, 7) is 0.542. The number of imidazole rings is 1. The average Bonchev–Trinajstić information content (AvgIpc) is 3.18. The summed E-state index contributed by atoms with van der Waals surface area (Å²) >= 11 is 0. The van der Waals surface area contributed by atoms with Crippen LogP contribution < -0.4 is 0 Å². The summed E-state index contributed by atoms with van der Waals surface area (Å²) in [4.78, 5) is 22.4. The van der Waals surface area contributed by atoms with Gasteiger partial charge in [0.15, 0.2) is 5.65 Å². The molecule has 4 rings (SSSR count). The van der Waals surface area contributed by atoms with E-state index in [9.17, 15) is 14.3 Å². The van der Waals surface area contributed by atoms with Crippen LogP contribution in [0.25, 0.3) is 11.2 Å². The average molecular weight is 340 g/mol. The Hall–Kier alpha value is -2.80. The fraction of sp³-hybridized carbons (Fsp3) is 0.278. The largest absolute Gasteiger partial charge is 0.388 e. The van der Waals surface area contributed by atoms with Gasteiger partial charge in [-0.3, -0.25) is 4.79 Å². The number of halogens is 1. The first kappa shape index (κ1) is 15.7. The van der Waals surface area contributed by atoms with E-state index < -0.39 is 12.3 Å². The number of likely N-dealkylation sites (tertiary alicyclic amines) is 1. The van der Waals surface area contributed by atoms with E-state index in [1.54, 1.807) is 12.4 Å².